The molecule has 0 spiro atoms. The zero-order chi connectivity index (χ0) is 49.9. The molecule has 404 valence electrons. The first-order valence-corrected chi connectivity index (χ1v) is 30.4. The SMILES string of the molecule is CCCCCCCCCCCCCCCCCCCCCC(=O)OCC(COP(=O)(O)OCC(CO)OC(=O)CCCCCCCCCCC)OC(=O)CCCCCCCCCCCCCCC. The van der Waals surface area contributed by atoms with Gasteiger partial charge in [-0.1, -0.05) is 265 Å². The highest BCUT2D eigenvalue weighted by atomic mass is 31.2. The fourth-order valence-corrected chi connectivity index (χ4v) is 9.38. The molecule has 0 aromatic rings. The molecule has 12 heteroatoms. The van der Waals surface area contributed by atoms with Crippen LogP contribution in [0.15, 0.2) is 0 Å². The second-order valence-electron chi connectivity index (χ2n) is 19.8. The van der Waals surface area contributed by atoms with Crippen LogP contribution in [0, 0.1) is 0 Å². The number of phosphoric acid groups is 1. The second-order valence-corrected chi connectivity index (χ2v) is 21.3. The van der Waals surface area contributed by atoms with Crippen molar-refractivity contribution in [1.82, 2.24) is 0 Å². The first-order valence-electron chi connectivity index (χ1n) is 28.9. The molecule has 0 amide bonds. The average molecular weight is 989 g/mol. The maximum atomic E-state index is 12.9. The quantitative estimate of drug-likeness (QED) is 0.0259. The Hall–Kier alpha value is -1.52. The standard InChI is InChI=1S/C56H109O11P/c1-4-7-10-13-16-19-21-23-24-25-26-27-28-30-31-34-36-39-42-45-54(58)63-49-53(67-56(60)47-44-41-38-35-32-29-22-20-17-14-11-8-5-2)51-65-68(61,62)64-50-52(48-57)66-55(59)46-43-40-37-33-18-15-12-9-6-3/h52-53,57H,4-51H2,1-3H3,(H,61,62). The van der Waals surface area contributed by atoms with Crippen LogP contribution in [0.5, 0.6) is 0 Å². The summed E-state index contributed by atoms with van der Waals surface area (Å²) in [5.41, 5.74) is 0. The summed E-state index contributed by atoms with van der Waals surface area (Å²) < 4.78 is 39.4. The van der Waals surface area contributed by atoms with Gasteiger partial charge in [0.25, 0.3) is 0 Å². The number of hydrogen-bond donors (Lipinski definition) is 2. The molecule has 3 unspecified atom stereocenters. The lowest BCUT2D eigenvalue weighted by Gasteiger charge is -2.21. The Morgan fingerprint density at radius 1 is 0.353 bits per heavy atom. The molecule has 0 aromatic heterocycles. The molecule has 0 fully saturated rings. The Kier molecular flexibility index (Phi) is 50.7. The van der Waals surface area contributed by atoms with Crippen LogP contribution < -0.4 is 0 Å². The van der Waals surface area contributed by atoms with Gasteiger partial charge in [-0.25, -0.2) is 4.57 Å². The lowest BCUT2D eigenvalue weighted by molar-refractivity contribution is -0.161. The van der Waals surface area contributed by atoms with Crippen molar-refractivity contribution in [1.29, 1.82) is 0 Å². The zero-order valence-corrected chi connectivity index (χ0v) is 45.5. The van der Waals surface area contributed by atoms with E-state index in [9.17, 15) is 28.9 Å². The summed E-state index contributed by atoms with van der Waals surface area (Å²) in [5, 5.41) is 9.76. The third-order valence-electron chi connectivity index (χ3n) is 13.0. The molecule has 0 saturated heterocycles. The van der Waals surface area contributed by atoms with Crippen LogP contribution in [-0.2, 0) is 42.2 Å². The van der Waals surface area contributed by atoms with E-state index in [0.29, 0.717) is 19.3 Å². The van der Waals surface area contributed by atoms with Crippen molar-refractivity contribution in [2.45, 2.75) is 315 Å². The van der Waals surface area contributed by atoms with Gasteiger partial charge < -0.3 is 24.2 Å². The molecule has 0 aliphatic carbocycles. The van der Waals surface area contributed by atoms with E-state index in [1.54, 1.807) is 0 Å². The molecule has 0 aliphatic rings. The molecule has 0 aliphatic heterocycles. The minimum Gasteiger partial charge on any atom is -0.462 e. The van der Waals surface area contributed by atoms with E-state index in [0.717, 1.165) is 57.8 Å². The lowest BCUT2D eigenvalue weighted by atomic mass is 10.0. The summed E-state index contributed by atoms with van der Waals surface area (Å²) in [5.74, 6) is -1.43. The minimum absolute atomic E-state index is 0.178. The van der Waals surface area contributed by atoms with Crippen LogP contribution in [-0.4, -0.2) is 66.5 Å². The van der Waals surface area contributed by atoms with Crippen molar-refractivity contribution in [2.75, 3.05) is 26.4 Å². The van der Waals surface area contributed by atoms with Crippen LogP contribution in [0.25, 0.3) is 0 Å². The van der Waals surface area contributed by atoms with Gasteiger partial charge in [-0.3, -0.25) is 23.4 Å². The molecule has 68 heavy (non-hydrogen) atoms. The number of carbonyl (C=O) groups is 3. The van der Waals surface area contributed by atoms with E-state index < -0.39 is 57.8 Å². The second kappa shape index (κ2) is 51.8. The van der Waals surface area contributed by atoms with Gasteiger partial charge in [0.15, 0.2) is 6.10 Å². The van der Waals surface area contributed by atoms with Crippen molar-refractivity contribution < 1.29 is 52.2 Å². The van der Waals surface area contributed by atoms with Gasteiger partial charge in [0.2, 0.25) is 0 Å². The molecule has 3 atom stereocenters. The summed E-state index contributed by atoms with van der Waals surface area (Å²) in [6.45, 7) is 4.68. The fourth-order valence-electron chi connectivity index (χ4n) is 8.59. The molecule has 0 aromatic carbocycles. The summed E-state index contributed by atoms with van der Waals surface area (Å²) in [7, 11) is -4.73. The predicted molar refractivity (Wildman–Crippen MR) is 280 cm³/mol. The smallest absolute Gasteiger partial charge is 0.462 e. The van der Waals surface area contributed by atoms with Crippen molar-refractivity contribution in [3.63, 3.8) is 0 Å². The van der Waals surface area contributed by atoms with Gasteiger partial charge in [-0.05, 0) is 19.3 Å². The van der Waals surface area contributed by atoms with Crippen LogP contribution in [0.1, 0.15) is 303 Å². The van der Waals surface area contributed by atoms with Gasteiger partial charge >= 0.3 is 25.7 Å². The number of carbonyl (C=O) groups excluding carboxylic acids is 3. The topological polar surface area (TPSA) is 155 Å². The Morgan fingerprint density at radius 3 is 0.868 bits per heavy atom. The summed E-state index contributed by atoms with van der Waals surface area (Å²) in [6, 6.07) is 0. The highest BCUT2D eigenvalue weighted by Gasteiger charge is 2.28. The van der Waals surface area contributed by atoms with E-state index in [2.05, 4.69) is 20.8 Å². The summed E-state index contributed by atoms with van der Waals surface area (Å²) in [4.78, 5) is 48.4. The van der Waals surface area contributed by atoms with Gasteiger partial charge in [0.05, 0.1) is 19.8 Å². The number of ether oxygens (including phenoxy) is 3. The summed E-state index contributed by atoms with van der Waals surface area (Å²) >= 11 is 0. The normalized spacial score (nSPS) is 13.3. The van der Waals surface area contributed by atoms with Crippen LogP contribution >= 0.6 is 7.82 Å². The molecule has 0 rings (SSSR count). The molecule has 0 radical (unpaired) electrons. The highest BCUT2D eigenvalue weighted by molar-refractivity contribution is 7.47. The maximum Gasteiger partial charge on any atom is 0.472 e. The first kappa shape index (κ1) is 66.5. The molecule has 0 saturated carbocycles. The van der Waals surface area contributed by atoms with Crippen LogP contribution in [0.3, 0.4) is 0 Å². The van der Waals surface area contributed by atoms with Crippen molar-refractivity contribution in [3.05, 3.63) is 0 Å². The number of phosphoric ester groups is 1. The van der Waals surface area contributed by atoms with Gasteiger partial charge in [0.1, 0.15) is 12.7 Å². The van der Waals surface area contributed by atoms with E-state index >= 15 is 0 Å². The number of hydrogen-bond acceptors (Lipinski definition) is 10. The van der Waals surface area contributed by atoms with Gasteiger partial charge in [-0.2, -0.15) is 0 Å². The lowest BCUT2D eigenvalue weighted by Crippen LogP contribution is -2.30. The average Bonchev–Trinajstić information content (AvgIpc) is 3.32. The largest absolute Gasteiger partial charge is 0.472 e. The van der Waals surface area contributed by atoms with Gasteiger partial charge in [-0.15, -0.1) is 0 Å². The Balaban J connectivity index is 4.61. The summed E-state index contributed by atoms with van der Waals surface area (Å²) in [6.07, 6.45) is 47.9. The number of aliphatic hydroxyl groups is 1. The zero-order valence-electron chi connectivity index (χ0n) is 44.6. The Bertz CT molecular complexity index is 1150. The highest BCUT2D eigenvalue weighted by Crippen LogP contribution is 2.43. The molecule has 0 bridgehead atoms. The molecular formula is C56H109O11P. The van der Waals surface area contributed by atoms with Crippen molar-refractivity contribution >= 4 is 25.7 Å². The fraction of sp³-hybridized carbons (Fsp3) is 0.946. The Labute approximate surface area is 418 Å². The predicted octanol–water partition coefficient (Wildman–Crippen LogP) is 16.7. The molecule has 2 N–H and O–H groups in total. The van der Waals surface area contributed by atoms with E-state index in [4.69, 9.17) is 23.3 Å². The maximum absolute atomic E-state index is 12.9. The van der Waals surface area contributed by atoms with Crippen molar-refractivity contribution in [2.24, 2.45) is 0 Å². The third kappa shape index (κ3) is 49.5. The first-order chi connectivity index (χ1) is 33.2. The van der Waals surface area contributed by atoms with E-state index in [1.807, 2.05) is 0 Å². The molecule has 0 heterocycles. The Morgan fingerprint density at radius 2 is 0.588 bits per heavy atom. The van der Waals surface area contributed by atoms with Gasteiger partial charge in [0, 0.05) is 19.3 Å². The number of unbranched alkanes of at least 4 members (excludes halogenated alkanes) is 38. The third-order valence-corrected chi connectivity index (χ3v) is 14.0. The van der Waals surface area contributed by atoms with Crippen molar-refractivity contribution in [3.8, 4) is 0 Å². The number of esters is 3. The minimum atomic E-state index is -4.73. The van der Waals surface area contributed by atoms with Crippen LogP contribution in [0.4, 0.5) is 0 Å². The van der Waals surface area contributed by atoms with E-state index in [-0.39, 0.29) is 25.9 Å². The monoisotopic (exact) mass is 989 g/mol. The number of rotatable bonds is 55. The van der Waals surface area contributed by atoms with E-state index in [1.165, 1.54) is 186 Å². The van der Waals surface area contributed by atoms with Crippen LogP contribution in [0.2, 0.25) is 0 Å². The molecule has 11 nitrogen and oxygen atoms in total. The molecular weight excluding hydrogens is 880 g/mol. The number of aliphatic hydroxyl groups excluding tert-OH is 1.